The lowest BCUT2D eigenvalue weighted by molar-refractivity contribution is 0.588. The molecular formula is C20H20N6O2S. The summed E-state index contributed by atoms with van der Waals surface area (Å²) < 4.78 is 27.8. The van der Waals surface area contributed by atoms with Gasteiger partial charge in [-0.05, 0) is 43.8 Å². The second-order valence-corrected chi connectivity index (χ2v) is 8.41. The average Bonchev–Trinajstić information content (AvgIpc) is 3.17. The standard InChI is InChI=1S/C20H20N6O2S/c1-14(15-8-10-17(11-9-15)29(27,28)21-2)22-18-12-13-19-23-24-20(26(19)25-18)16-6-4-3-5-7-16/h3-14,21H,1-2H3,(H,22,25). The molecule has 8 nitrogen and oxygen atoms in total. The quantitative estimate of drug-likeness (QED) is 0.509. The van der Waals surface area contributed by atoms with E-state index in [9.17, 15) is 8.42 Å². The molecule has 2 aromatic carbocycles. The van der Waals surface area contributed by atoms with Crippen LogP contribution in [-0.2, 0) is 10.0 Å². The molecule has 0 saturated heterocycles. The van der Waals surface area contributed by atoms with Gasteiger partial charge in [-0.2, -0.15) is 4.52 Å². The Hall–Kier alpha value is -3.30. The molecule has 0 radical (unpaired) electrons. The van der Waals surface area contributed by atoms with Crippen LogP contribution in [0.5, 0.6) is 0 Å². The summed E-state index contributed by atoms with van der Waals surface area (Å²) in [5.41, 5.74) is 2.52. The predicted octanol–water partition coefficient (Wildman–Crippen LogP) is 2.87. The predicted molar refractivity (Wildman–Crippen MR) is 111 cm³/mol. The number of nitrogens with zero attached hydrogens (tertiary/aromatic N) is 4. The van der Waals surface area contributed by atoms with Gasteiger partial charge in [0.05, 0.1) is 4.90 Å². The van der Waals surface area contributed by atoms with Crippen molar-refractivity contribution in [2.45, 2.75) is 17.9 Å². The third-order valence-electron chi connectivity index (χ3n) is 4.62. The summed E-state index contributed by atoms with van der Waals surface area (Å²) in [6.07, 6.45) is 0. The largest absolute Gasteiger partial charge is 0.362 e. The number of sulfonamides is 1. The minimum Gasteiger partial charge on any atom is -0.362 e. The van der Waals surface area contributed by atoms with Crippen LogP contribution in [0.15, 0.2) is 71.6 Å². The van der Waals surface area contributed by atoms with Gasteiger partial charge in [0, 0.05) is 11.6 Å². The molecule has 0 bridgehead atoms. The van der Waals surface area contributed by atoms with Crippen molar-refractivity contribution in [2.75, 3.05) is 12.4 Å². The van der Waals surface area contributed by atoms with E-state index in [0.29, 0.717) is 17.3 Å². The molecule has 2 heterocycles. The molecule has 0 amide bonds. The van der Waals surface area contributed by atoms with Gasteiger partial charge >= 0.3 is 0 Å². The van der Waals surface area contributed by atoms with Crippen LogP contribution in [0.25, 0.3) is 17.0 Å². The van der Waals surface area contributed by atoms with Gasteiger partial charge in [-0.3, -0.25) is 0 Å². The summed E-state index contributed by atoms with van der Waals surface area (Å²) in [7, 11) is -2.06. The van der Waals surface area contributed by atoms with Crippen LogP contribution in [0.1, 0.15) is 18.5 Å². The Labute approximate surface area is 168 Å². The van der Waals surface area contributed by atoms with Gasteiger partial charge in [-0.15, -0.1) is 15.3 Å². The van der Waals surface area contributed by atoms with E-state index in [2.05, 4.69) is 25.3 Å². The Morgan fingerprint density at radius 3 is 2.34 bits per heavy atom. The van der Waals surface area contributed by atoms with Crippen LogP contribution in [0, 0.1) is 0 Å². The van der Waals surface area contributed by atoms with Crippen molar-refractivity contribution < 1.29 is 8.42 Å². The molecule has 0 aliphatic carbocycles. The van der Waals surface area contributed by atoms with E-state index in [-0.39, 0.29) is 10.9 Å². The minimum absolute atomic E-state index is 0.0806. The average molecular weight is 408 g/mol. The molecule has 0 spiro atoms. The van der Waals surface area contributed by atoms with E-state index in [0.717, 1.165) is 11.1 Å². The van der Waals surface area contributed by atoms with Crippen molar-refractivity contribution in [3.8, 4) is 11.4 Å². The Balaban J connectivity index is 1.59. The lowest BCUT2D eigenvalue weighted by atomic mass is 10.1. The van der Waals surface area contributed by atoms with Gasteiger partial charge < -0.3 is 5.32 Å². The first-order chi connectivity index (χ1) is 14.0. The maximum absolute atomic E-state index is 11.9. The van der Waals surface area contributed by atoms with Crippen LogP contribution in [0.2, 0.25) is 0 Å². The summed E-state index contributed by atoms with van der Waals surface area (Å²) in [5.74, 6) is 1.33. The van der Waals surface area contributed by atoms with Gasteiger partial charge in [0.1, 0.15) is 5.82 Å². The summed E-state index contributed by atoms with van der Waals surface area (Å²) >= 11 is 0. The van der Waals surface area contributed by atoms with Crippen LogP contribution in [0.4, 0.5) is 5.82 Å². The number of anilines is 1. The molecule has 0 fully saturated rings. The summed E-state index contributed by atoms with van der Waals surface area (Å²) in [6.45, 7) is 1.98. The molecule has 29 heavy (non-hydrogen) atoms. The monoisotopic (exact) mass is 408 g/mol. The highest BCUT2D eigenvalue weighted by Crippen LogP contribution is 2.22. The molecule has 4 rings (SSSR count). The number of hydrogen-bond donors (Lipinski definition) is 2. The maximum atomic E-state index is 11.9. The third-order valence-corrected chi connectivity index (χ3v) is 6.05. The highest BCUT2D eigenvalue weighted by atomic mass is 32.2. The first-order valence-corrected chi connectivity index (χ1v) is 10.5. The zero-order valence-corrected chi connectivity index (χ0v) is 16.8. The topological polar surface area (TPSA) is 101 Å². The van der Waals surface area contributed by atoms with Gasteiger partial charge in [-0.25, -0.2) is 13.1 Å². The number of fused-ring (bicyclic) bond motifs is 1. The van der Waals surface area contributed by atoms with Crippen LogP contribution in [-0.4, -0.2) is 35.3 Å². The van der Waals surface area contributed by atoms with Crippen LogP contribution < -0.4 is 10.0 Å². The molecule has 2 N–H and O–H groups in total. The zero-order valence-electron chi connectivity index (χ0n) is 15.9. The molecule has 148 valence electrons. The van der Waals surface area contributed by atoms with E-state index >= 15 is 0 Å². The van der Waals surface area contributed by atoms with Crippen LogP contribution in [0.3, 0.4) is 0 Å². The van der Waals surface area contributed by atoms with Crippen molar-refractivity contribution in [3.63, 3.8) is 0 Å². The number of rotatable bonds is 6. The van der Waals surface area contributed by atoms with Gasteiger partial charge in [-0.1, -0.05) is 42.5 Å². The number of hydrogen-bond acceptors (Lipinski definition) is 6. The number of benzene rings is 2. The molecule has 1 atom stereocenters. The Bertz CT molecular complexity index is 1240. The van der Waals surface area contributed by atoms with Crippen molar-refractivity contribution in [1.82, 2.24) is 24.5 Å². The van der Waals surface area contributed by atoms with Crippen molar-refractivity contribution in [3.05, 3.63) is 72.3 Å². The first-order valence-electron chi connectivity index (χ1n) is 9.06. The molecule has 1 unspecified atom stereocenters. The van der Waals surface area contributed by atoms with E-state index in [1.165, 1.54) is 7.05 Å². The molecule has 0 aliphatic heterocycles. The Morgan fingerprint density at radius 1 is 0.931 bits per heavy atom. The summed E-state index contributed by atoms with van der Waals surface area (Å²) in [4.78, 5) is 0.229. The van der Waals surface area contributed by atoms with Gasteiger partial charge in [0.25, 0.3) is 0 Å². The molecule has 4 aromatic rings. The summed E-state index contributed by atoms with van der Waals surface area (Å²) in [6, 6.07) is 20.1. The fraction of sp³-hybridized carbons (Fsp3) is 0.150. The third kappa shape index (κ3) is 3.82. The summed E-state index contributed by atoms with van der Waals surface area (Å²) in [5, 5.41) is 16.4. The lowest BCUT2D eigenvalue weighted by Gasteiger charge is -2.15. The van der Waals surface area contributed by atoms with Gasteiger partial charge in [0.15, 0.2) is 11.5 Å². The highest BCUT2D eigenvalue weighted by Gasteiger charge is 2.14. The maximum Gasteiger partial charge on any atom is 0.240 e. The molecule has 2 aromatic heterocycles. The molecule has 0 aliphatic rings. The normalized spacial score (nSPS) is 12.8. The second kappa shape index (κ2) is 7.61. The Kier molecular flexibility index (Phi) is 4.99. The van der Waals surface area contributed by atoms with E-state index < -0.39 is 10.0 Å². The van der Waals surface area contributed by atoms with Crippen molar-refractivity contribution in [1.29, 1.82) is 0 Å². The minimum atomic E-state index is -3.45. The number of nitrogens with one attached hydrogen (secondary N) is 2. The van der Waals surface area contributed by atoms with E-state index in [1.807, 2.05) is 49.4 Å². The van der Waals surface area contributed by atoms with E-state index in [4.69, 9.17) is 0 Å². The smallest absolute Gasteiger partial charge is 0.240 e. The SMILES string of the molecule is CNS(=O)(=O)c1ccc(C(C)Nc2ccc3nnc(-c4ccccc4)n3n2)cc1. The fourth-order valence-electron chi connectivity index (χ4n) is 2.99. The lowest BCUT2D eigenvalue weighted by Crippen LogP contribution is -2.18. The molecule has 9 heteroatoms. The van der Waals surface area contributed by atoms with Gasteiger partial charge in [0.2, 0.25) is 10.0 Å². The zero-order chi connectivity index (χ0) is 20.4. The van der Waals surface area contributed by atoms with E-state index in [1.54, 1.807) is 28.8 Å². The second-order valence-electron chi connectivity index (χ2n) is 6.52. The highest BCUT2D eigenvalue weighted by molar-refractivity contribution is 7.89. The first kappa shape index (κ1) is 19.0. The molecule has 0 saturated carbocycles. The molecular weight excluding hydrogens is 388 g/mol. The number of aromatic nitrogens is 4. The van der Waals surface area contributed by atoms with Crippen molar-refractivity contribution in [2.24, 2.45) is 0 Å². The van der Waals surface area contributed by atoms with Crippen LogP contribution >= 0.6 is 0 Å². The Morgan fingerprint density at radius 2 is 1.66 bits per heavy atom. The fourth-order valence-corrected chi connectivity index (χ4v) is 3.72. The van der Waals surface area contributed by atoms with Crippen molar-refractivity contribution >= 4 is 21.5 Å².